The molecule has 0 bridgehead atoms. The molecule has 7 heteroatoms. The molecule has 0 saturated carbocycles. The van der Waals surface area contributed by atoms with Crippen LogP contribution >= 0.6 is 23.1 Å². The number of nitriles is 1. The molecule has 0 atom stereocenters. The van der Waals surface area contributed by atoms with Gasteiger partial charge in [0.05, 0.1) is 22.8 Å². The van der Waals surface area contributed by atoms with Gasteiger partial charge in [0, 0.05) is 25.0 Å². The van der Waals surface area contributed by atoms with Gasteiger partial charge in [-0.25, -0.2) is 4.98 Å². The number of para-hydroxylation sites is 2. The fraction of sp³-hybridized carbons (Fsp3) is 0.136. The maximum absolute atomic E-state index is 12.9. The summed E-state index contributed by atoms with van der Waals surface area (Å²) in [4.78, 5) is 21.3. The highest BCUT2D eigenvalue weighted by atomic mass is 32.2. The van der Waals surface area contributed by atoms with Crippen LogP contribution in [0.5, 0.6) is 0 Å². The normalized spacial score (nSPS) is 12.7. The molecule has 29 heavy (non-hydrogen) atoms. The zero-order valence-electron chi connectivity index (χ0n) is 16.0. The summed E-state index contributed by atoms with van der Waals surface area (Å²) >= 11 is 2.88. The number of thioether (sulfide) groups is 1. The number of Topliss-reactive ketones (excluding diaryl/α,β-unsaturated/α-hetero) is 1. The number of rotatable bonds is 5. The van der Waals surface area contributed by atoms with Crippen LogP contribution in [0.1, 0.15) is 0 Å². The molecule has 1 aliphatic rings. The topological polar surface area (TPSA) is 60.2 Å². The number of nitrogens with zero attached hydrogens (tertiary/aromatic N) is 4. The van der Waals surface area contributed by atoms with Crippen molar-refractivity contribution in [3.8, 4) is 17.3 Å². The molecular weight excluding hydrogens is 400 g/mol. The monoisotopic (exact) mass is 418 g/mol. The summed E-state index contributed by atoms with van der Waals surface area (Å²) in [6, 6.07) is 19.9. The van der Waals surface area contributed by atoms with E-state index in [-0.39, 0.29) is 17.1 Å². The number of ketones is 1. The van der Waals surface area contributed by atoms with Gasteiger partial charge in [0.2, 0.25) is 0 Å². The predicted molar refractivity (Wildman–Crippen MR) is 119 cm³/mol. The molecule has 1 aliphatic heterocycles. The summed E-state index contributed by atoms with van der Waals surface area (Å²) in [7, 11) is 3.75. The molecule has 0 aliphatic carbocycles. The fourth-order valence-electron chi connectivity index (χ4n) is 3.32. The van der Waals surface area contributed by atoms with E-state index in [1.807, 2.05) is 83.9 Å². The van der Waals surface area contributed by atoms with Gasteiger partial charge in [0.1, 0.15) is 17.5 Å². The van der Waals surface area contributed by atoms with Crippen LogP contribution in [0, 0.1) is 11.3 Å². The van der Waals surface area contributed by atoms with E-state index in [4.69, 9.17) is 0 Å². The molecule has 0 spiro atoms. The van der Waals surface area contributed by atoms with Gasteiger partial charge in [-0.15, -0.1) is 11.3 Å². The van der Waals surface area contributed by atoms with Gasteiger partial charge >= 0.3 is 0 Å². The Kier molecular flexibility index (Phi) is 5.38. The van der Waals surface area contributed by atoms with E-state index >= 15 is 0 Å². The smallest absolute Gasteiger partial charge is 0.187 e. The van der Waals surface area contributed by atoms with E-state index in [1.165, 1.54) is 23.1 Å². The molecule has 3 aromatic rings. The molecule has 4 rings (SSSR count). The van der Waals surface area contributed by atoms with Crippen LogP contribution < -0.4 is 9.80 Å². The van der Waals surface area contributed by atoms with E-state index in [1.54, 1.807) is 0 Å². The first kappa shape index (κ1) is 19.2. The number of hydrogen-bond acceptors (Lipinski definition) is 7. The molecule has 2 heterocycles. The van der Waals surface area contributed by atoms with E-state index in [0.29, 0.717) is 5.82 Å². The zero-order chi connectivity index (χ0) is 20.4. The minimum absolute atomic E-state index is 0.165. The van der Waals surface area contributed by atoms with Gasteiger partial charge in [0.25, 0.3) is 0 Å². The third-order valence-electron chi connectivity index (χ3n) is 4.73. The molecule has 0 unspecified atom stereocenters. The second-order valence-electron chi connectivity index (χ2n) is 6.49. The Balaban J connectivity index is 1.52. The third-order valence-corrected chi connectivity index (χ3v) is 6.75. The first-order valence-electron chi connectivity index (χ1n) is 8.98. The lowest BCUT2D eigenvalue weighted by Crippen LogP contribution is -2.26. The zero-order valence-corrected chi connectivity index (χ0v) is 17.6. The van der Waals surface area contributed by atoms with E-state index < -0.39 is 0 Å². The predicted octanol–water partition coefficient (Wildman–Crippen LogP) is 4.79. The molecule has 0 amide bonds. The van der Waals surface area contributed by atoms with Crippen molar-refractivity contribution < 1.29 is 4.79 Å². The Morgan fingerprint density at radius 3 is 2.31 bits per heavy atom. The summed E-state index contributed by atoms with van der Waals surface area (Å²) in [5, 5.41) is 11.7. The number of hydrogen-bond donors (Lipinski definition) is 0. The van der Waals surface area contributed by atoms with Gasteiger partial charge in [-0.05, 0) is 12.1 Å². The van der Waals surface area contributed by atoms with Gasteiger partial charge < -0.3 is 9.80 Å². The van der Waals surface area contributed by atoms with Crippen LogP contribution in [0.25, 0.3) is 11.3 Å². The Morgan fingerprint density at radius 2 is 1.69 bits per heavy atom. The lowest BCUT2D eigenvalue weighted by Gasteiger charge is -2.19. The Hall–Kier alpha value is -3.08. The van der Waals surface area contributed by atoms with Gasteiger partial charge in [0.15, 0.2) is 10.1 Å². The number of carbonyl (C=O) groups is 1. The molecule has 0 radical (unpaired) electrons. The van der Waals surface area contributed by atoms with Crippen LogP contribution in [0.2, 0.25) is 0 Å². The van der Waals surface area contributed by atoms with Gasteiger partial charge in [-0.1, -0.05) is 54.2 Å². The highest BCUT2D eigenvalue weighted by Crippen LogP contribution is 2.40. The van der Waals surface area contributed by atoms with Crippen molar-refractivity contribution >= 4 is 40.3 Å². The molecule has 2 aromatic carbocycles. The van der Waals surface area contributed by atoms with Crippen molar-refractivity contribution in [2.75, 3.05) is 29.6 Å². The lowest BCUT2D eigenvalue weighted by atomic mass is 10.2. The number of fused-ring (bicyclic) bond motifs is 1. The van der Waals surface area contributed by atoms with Crippen LogP contribution in [0.15, 0.2) is 75.7 Å². The van der Waals surface area contributed by atoms with Gasteiger partial charge in [-0.2, -0.15) is 5.26 Å². The van der Waals surface area contributed by atoms with Crippen molar-refractivity contribution in [2.45, 2.75) is 4.34 Å². The largest absolute Gasteiger partial charge is 0.328 e. The van der Waals surface area contributed by atoms with Crippen molar-refractivity contribution in [1.29, 1.82) is 5.26 Å². The Labute approximate surface area is 177 Å². The van der Waals surface area contributed by atoms with E-state index in [2.05, 4.69) is 11.1 Å². The minimum atomic E-state index is -0.199. The number of anilines is 2. The molecule has 1 aromatic heterocycles. The lowest BCUT2D eigenvalue weighted by molar-refractivity contribution is -0.112. The number of carbonyl (C=O) groups excluding carboxylic acids is 1. The number of aromatic nitrogens is 1. The summed E-state index contributed by atoms with van der Waals surface area (Å²) < 4.78 is 0.816. The summed E-state index contributed by atoms with van der Waals surface area (Å²) in [5.74, 6) is 0.588. The first-order valence-corrected chi connectivity index (χ1v) is 10.8. The van der Waals surface area contributed by atoms with Crippen LogP contribution in [-0.2, 0) is 4.79 Å². The average Bonchev–Trinajstić information content (AvgIpc) is 3.33. The minimum Gasteiger partial charge on any atom is -0.328 e. The SMILES string of the molecule is CN1C(=C(C#N)C(=O)CSc2nc(-c3ccccc3)cs2)N(C)c2ccccc21. The average molecular weight is 419 g/mol. The summed E-state index contributed by atoms with van der Waals surface area (Å²) in [5.41, 5.74) is 4.07. The van der Waals surface area contributed by atoms with Crippen molar-refractivity contribution in [1.82, 2.24) is 4.98 Å². The van der Waals surface area contributed by atoms with Gasteiger partial charge in [-0.3, -0.25) is 4.79 Å². The van der Waals surface area contributed by atoms with Crippen molar-refractivity contribution in [2.24, 2.45) is 0 Å². The number of benzene rings is 2. The summed E-state index contributed by atoms with van der Waals surface area (Å²) in [6.07, 6.45) is 0. The maximum Gasteiger partial charge on any atom is 0.187 e. The van der Waals surface area contributed by atoms with Crippen molar-refractivity contribution in [3.05, 3.63) is 71.4 Å². The second-order valence-corrected chi connectivity index (χ2v) is 8.57. The molecule has 0 N–H and O–H groups in total. The maximum atomic E-state index is 12.9. The third kappa shape index (κ3) is 3.65. The molecule has 144 valence electrons. The number of thiazole rings is 1. The fourth-order valence-corrected chi connectivity index (χ4v) is 5.03. The standard InChI is InChI=1S/C22H18N4OS2/c1-25-18-10-6-7-11-19(18)26(2)21(25)16(12-23)20(27)14-29-22-24-17(13-28-22)15-8-4-3-5-9-15/h3-11,13H,14H2,1-2H3. The van der Waals surface area contributed by atoms with Crippen LogP contribution in [0.4, 0.5) is 11.4 Å². The van der Waals surface area contributed by atoms with E-state index in [9.17, 15) is 10.1 Å². The Bertz CT molecular complexity index is 1100. The van der Waals surface area contributed by atoms with Crippen molar-refractivity contribution in [3.63, 3.8) is 0 Å². The molecule has 0 saturated heterocycles. The van der Waals surface area contributed by atoms with Crippen LogP contribution in [0.3, 0.4) is 0 Å². The molecule has 0 fully saturated rings. The van der Waals surface area contributed by atoms with Crippen LogP contribution in [-0.4, -0.2) is 30.6 Å². The Morgan fingerprint density at radius 1 is 1.07 bits per heavy atom. The van der Waals surface area contributed by atoms with E-state index in [0.717, 1.165) is 27.0 Å². The highest BCUT2D eigenvalue weighted by molar-refractivity contribution is 8.01. The second kappa shape index (κ2) is 8.11. The highest BCUT2D eigenvalue weighted by Gasteiger charge is 2.31. The first-order chi connectivity index (χ1) is 14.1. The summed E-state index contributed by atoms with van der Waals surface area (Å²) in [6.45, 7) is 0. The number of allylic oxidation sites excluding steroid dienone is 1. The quantitative estimate of drug-likeness (QED) is 0.337. The molecule has 5 nitrogen and oxygen atoms in total. The molecular formula is C22H18N4OS2.